The highest BCUT2D eigenvalue weighted by atomic mass is 16.6. The standard InChI is InChI=1S/C34H29NO13/c1-18(36)45-25-14-12-21(16-27(25)43-3)33(41)47-29(31(38)35-24-11-7-9-20-8-5-6-10-23(20)24)30(32(39)40)48-34(42)22-13-15-26(46-19(2)37)28(17-22)44-4/h5-17,29-30H,1-4H3,(H,35,38)(H,39,40)/t29-,30-/m1/s1. The second-order valence-corrected chi connectivity index (χ2v) is 9.92. The van der Waals surface area contributed by atoms with Crippen molar-refractivity contribution < 1.29 is 62.3 Å². The predicted molar refractivity (Wildman–Crippen MR) is 167 cm³/mol. The lowest BCUT2D eigenvalue weighted by atomic mass is 10.1. The van der Waals surface area contributed by atoms with Crippen molar-refractivity contribution in [3.05, 3.63) is 90.0 Å². The first-order valence-electron chi connectivity index (χ1n) is 14.1. The molecule has 0 bridgehead atoms. The normalized spacial score (nSPS) is 11.8. The number of rotatable bonds is 12. The predicted octanol–water partition coefficient (Wildman–Crippen LogP) is 4.18. The third-order valence-electron chi connectivity index (χ3n) is 6.60. The highest BCUT2D eigenvalue weighted by molar-refractivity contribution is 6.06. The summed E-state index contributed by atoms with van der Waals surface area (Å²) in [5.74, 6) is -6.82. The number of anilines is 1. The molecule has 0 aliphatic heterocycles. The van der Waals surface area contributed by atoms with Crippen LogP contribution in [0.3, 0.4) is 0 Å². The van der Waals surface area contributed by atoms with Crippen molar-refractivity contribution in [3.8, 4) is 23.0 Å². The molecule has 4 rings (SSSR count). The number of hydrogen-bond donors (Lipinski definition) is 2. The Balaban J connectivity index is 1.70. The maximum Gasteiger partial charge on any atom is 0.349 e. The molecular formula is C34H29NO13. The van der Waals surface area contributed by atoms with Gasteiger partial charge in [0.25, 0.3) is 5.91 Å². The molecule has 4 aromatic rings. The molecule has 0 aliphatic carbocycles. The summed E-state index contributed by atoms with van der Waals surface area (Å²) in [6, 6.07) is 19.1. The molecule has 0 aromatic heterocycles. The minimum atomic E-state index is -2.36. The third-order valence-corrected chi connectivity index (χ3v) is 6.60. The summed E-state index contributed by atoms with van der Waals surface area (Å²) >= 11 is 0. The SMILES string of the molecule is COc1cc(C(=O)O[C@@H](C(=O)O)[C@@H](OC(=O)c2ccc(OC(C)=O)c(OC)c2)C(=O)Nc2cccc3ccccc23)ccc1OC(C)=O. The molecule has 48 heavy (non-hydrogen) atoms. The van der Waals surface area contributed by atoms with Gasteiger partial charge in [0.15, 0.2) is 23.0 Å². The minimum Gasteiger partial charge on any atom is -0.493 e. The number of fused-ring (bicyclic) bond motifs is 1. The highest BCUT2D eigenvalue weighted by Crippen LogP contribution is 2.31. The summed E-state index contributed by atoms with van der Waals surface area (Å²) in [6.07, 6.45) is -4.60. The molecule has 0 fully saturated rings. The van der Waals surface area contributed by atoms with Crippen LogP contribution in [0.15, 0.2) is 78.9 Å². The van der Waals surface area contributed by atoms with Crippen molar-refractivity contribution >= 4 is 52.2 Å². The van der Waals surface area contributed by atoms with Crippen molar-refractivity contribution in [2.45, 2.75) is 26.1 Å². The van der Waals surface area contributed by atoms with Crippen LogP contribution in [0.4, 0.5) is 5.69 Å². The number of benzene rings is 4. The van der Waals surface area contributed by atoms with E-state index in [0.717, 1.165) is 24.4 Å². The second kappa shape index (κ2) is 15.2. The molecule has 0 radical (unpaired) electrons. The van der Waals surface area contributed by atoms with E-state index in [9.17, 15) is 33.9 Å². The Morgan fingerprint density at radius 1 is 0.625 bits per heavy atom. The molecule has 4 aromatic carbocycles. The van der Waals surface area contributed by atoms with Crippen LogP contribution in [0.25, 0.3) is 10.8 Å². The lowest BCUT2D eigenvalue weighted by Gasteiger charge is -2.24. The number of methoxy groups -OCH3 is 2. The smallest absolute Gasteiger partial charge is 0.349 e. The highest BCUT2D eigenvalue weighted by Gasteiger charge is 2.41. The van der Waals surface area contributed by atoms with Crippen LogP contribution in [0, 0.1) is 0 Å². The Morgan fingerprint density at radius 3 is 1.62 bits per heavy atom. The monoisotopic (exact) mass is 659 g/mol. The summed E-state index contributed by atoms with van der Waals surface area (Å²) in [7, 11) is 2.50. The van der Waals surface area contributed by atoms with Gasteiger partial charge in [-0.05, 0) is 47.9 Å². The number of carbonyl (C=O) groups excluding carboxylic acids is 5. The summed E-state index contributed by atoms with van der Waals surface area (Å²) in [4.78, 5) is 75.7. The Labute approximate surface area is 273 Å². The van der Waals surface area contributed by atoms with E-state index in [-0.39, 0.29) is 39.8 Å². The number of esters is 4. The van der Waals surface area contributed by atoms with Crippen LogP contribution in [-0.2, 0) is 28.7 Å². The number of carboxylic acids is 1. The molecular weight excluding hydrogens is 630 g/mol. The summed E-state index contributed by atoms with van der Waals surface area (Å²) < 4.78 is 31.1. The number of amides is 1. The van der Waals surface area contributed by atoms with Crippen LogP contribution in [0.5, 0.6) is 23.0 Å². The fraction of sp³-hybridized carbons (Fsp3) is 0.176. The van der Waals surface area contributed by atoms with Crippen molar-refractivity contribution in [3.63, 3.8) is 0 Å². The topological polar surface area (TPSA) is 190 Å². The van der Waals surface area contributed by atoms with E-state index < -0.39 is 48.0 Å². The average Bonchev–Trinajstić information content (AvgIpc) is 3.05. The summed E-state index contributed by atoms with van der Waals surface area (Å²) in [6.45, 7) is 2.33. The molecule has 0 saturated heterocycles. The van der Waals surface area contributed by atoms with E-state index >= 15 is 0 Å². The van der Waals surface area contributed by atoms with Crippen LogP contribution >= 0.6 is 0 Å². The fourth-order valence-electron chi connectivity index (χ4n) is 4.47. The zero-order valence-corrected chi connectivity index (χ0v) is 26.0. The van der Waals surface area contributed by atoms with E-state index in [1.54, 1.807) is 42.5 Å². The van der Waals surface area contributed by atoms with Crippen LogP contribution in [0.2, 0.25) is 0 Å². The summed E-state index contributed by atoms with van der Waals surface area (Å²) in [5, 5.41) is 14.1. The maximum absolute atomic E-state index is 13.7. The van der Waals surface area contributed by atoms with Gasteiger partial charge >= 0.3 is 29.8 Å². The number of carbonyl (C=O) groups is 6. The number of nitrogens with one attached hydrogen (secondary N) is 1. The number of carboxylic acid groups (broad SMARTS) is 1. The number of hydrogen-bond acceptors (Lipinski definition) is 12. The Morgan fingerprint density at radius 2 is 1.12 bits per heavy atom. The zero-order chi connectivity index (χ0) is 35.0. The quantitative estimate of drug-likeness (QED) is 0.163. The molecule has 0 unspecified atom stereocenters. The largest absolute Gasteiger partial charge is 0.493 e. The van der Waals surface area contributed by atoms with Gasteiger partial charge in [0.05, 0.1) is 25.3 Å². The lowest BCUT2D eigenvalue weighted by Crippen LogP contribution is -2.48. The van der Waals surface area contributed by atoms with Crippen LogP contribution < -0.4 is 24.3 Å². The lowest BCUT2D eigenvalue weighted by molar-refractivity contribution is -0.157. The first-order valence-corrected chi connectivity index (χ1v) is 14.1. The van der Waals surface area contributed by atoms with Crippen molar-refractivity contribution in [1.29, 1.82) is 0 Å². The van der Waals surface area contributed by atoms with Crippen LogP contribution in [0.1, 0.15) is 34.6 Å². The van der Waals surface area contributed by atoms with E-state index in [1.165, 1.54) is 45.4 Å². The van der Waals surface area contributed by atoms with Gasteiger partial charge in [0.1, 0.15) is 0 Å². The molecule has 0 spiro atoms. The zero-order valence-electron chi connectivity index (χ0n) is 26.0. The molecule has 14 heteroatoms. The molecule has 1 amide bonds. The third kappa shape index (κ3) is 8.23. The van der Waals surface area contributed by atoms with Crippen molar-refractivity contribution in [2.24, 2.45) is 0 Å². The minimum absolute atomic E-state index is 0.0145. The van der Waals surface area contributed by atoms with Gasteiger partial charge in [0.2, 0.25) is 12.2 Å². The Hall–Kier alpha value is -6.44. The number of ether oxygens (including phenoxy) is 6. The van der Waals surface area contributed by atoms with Crippen molar-refractivity contribution in [1.82, 2.24) is 0 Å². The van der Waals surface area contributed by atoms with Gasteiger partial charge in [-0.25, -0.2) is 14.4 Å². The van der Waals surface area contributed by atoms with Crippen LogP contribution in [-0.4, -0.2) is 67.3 Å². The fourth-order valence-corrected chi connectivity index (χ4v) is 4.47. The molecule has 248 valence electrons. The number of aliphatic carboxylic acids is 1. The second-order valence-electron chi connectivity index (χ2n) is 9.92. The van der Waals surface area contributed by atoms with Gasteiger partial charge in [-0.2, -0.15) is 0 Å². The molecule has 2 N–H and O–H groups in total. The van der Waals surface area contributed by atoms with E-state index in [4.69, 9.17) is 28.4 Å². The van der Waals surface area contributed by atoms with E-state index in [0.29, 0.717) is 5.39 Å². The van der Waals surface area contributed by atoms with E-state index in [2.05, 4.69) is 5.32 Å². The Kier molecular flexibility index (Phi) is 10.9. The summed E-state index contributed by atoms with van der Waals surface area (Å²) in [5.41, 5.74) is -0.195. The molecule has 0 heterocycles. The molecule has 0 aliphatic rings. The van der Waals surface area contributed by atoms with Crippen molar-refractivity contribution in [2.75, 3.05) is 19.5 Å². The van der Waals surface area contributed by atoms with Gasteiger partial charge in [-0.1, -0.05) is 36.4 Å². The average molecular weight is 660 g/mol. The van der Waals surface area contributed by atoms with Gasteiger partial charge in [-0.15, -0.1) is 0 Å². The first kappa shape index (κ1) is 34.4. The van der Waals surface area contributed by atoms with Gasteiger partial charge < -0.3 is 38.8 Å². The first-order chi connectivity index (χ1) is 22.9. The molecule has 14 nitrogen and oxygen atoms in total. The Bertz CT molecular complexity index is 1900. The van der Waals surface area contributed by atoms with Gasteiger partial charge in [0, 0.05) is 24.9 Å². The van der Waals surface area contributed by atoms with Gasteiger partial charge in [-0.3, -0.25) is 14.4 Å². The molecule has 2 atom stereocenters. The maximum atomic E-state index is 13.7. The van der Waals surface area contributed by atoms with E-state index in [1.807, 2.05) is 0 Å². The molecule has 0 saturated carbocycles.